The van der Waals surface area contributed by atoms with E-state index in [1.807, 2.05) is 6.07 Å². The second-order valence-electron chi connectivity index (χ2n) is 6.35. The first-order chi connectivity index (χ1) is 11.8. The van der Waals surface area contributed by atoms with E-state index in [0.717, 1.165) is 18.4 Å². The summed E-state index contributed by atoms with van der Waals surface area (Å²) < 4.78 is 28.9. The van der Waals surface area contributed by atoms with Crippen molar-refractivity contribution >= 4 is 16.0 Å². The Kier molecular flexibility index (Phi) is 4.66. The number of carbonyl (C=O) groups is 1. The molecule has 0 bridgehead atoms. The molecule has 1 aliphatic rings. The second kappa shape index (κ2) is 6.61. The molecule has 2 aromatic rings. The highest BCUT2D eigenvalue weighted by molar-refractivity contribution is 7.89. The number of aromatic nitrogens is 2. The Morgan fingerprint density at radius 1 is 1.36 bits per heavy atom. The van der Waals surface area contributed by atoms with Crippen LogP contribution in [0.15, 0.2) is 35.4 Å². The van der Waals surface area contributed by atoms with Gasteiger partial charge < -0.3 is 5.11 Å². The van der Waals surface area contributed by atoms with Crippen molar-refractivity contribution in [2.24, 2.45) is 7.05 Å². The molecule has 25 heavy (non-hydrogen) atoms. The number of nitrogens with zero attached hydrogens (tertiary/aromatic N) is 3. The van der Waals surface area contributed by atoms with Gasteiger partial charge in [0.1, 0.15) is 4.90 Å². The normalized spacial score (nSPS) is 19.0. The van der Waals surface area contributed by atoms with E-state index in [9.17, 15) is 13.2 Å². The molecule has 1 aromatic carbocycles. The Bertz CT molecular complexity index is 904. The number of aromatic carboxylic acids is 1. The van der Waals surface area contributed by atoms with Crippen molar-refractivity contribution in [3.8, 4) is 0 Å². The summed E-state index contributed by atoms with van der Waals surface area (Å²) in [6.45, 7) is 2.54. The summed E-state index contributed by atoms with van der Waals surface area (Å²) in [7, 11) is -1.89. The van der Waals surface area contributed by atoms with Gasteiger partial charge in [-0.15, -0.1) is 0 Å². The van der Waals surface area contributed by atoms with E-state index in [2.05, 4.69) is 5.10 Å². The second-order valence-corrected chi connectivity index (χ2v) is 8.26. The Labute approximate surface area is 146 Å². The third-order valence-electron chi connectivity index (χ3n) is 4.80. The molecule has 0 radical (unpaired) electrons. The summed E-state index contributed by atoms with van der Waals surface area (Å²) in [5.74, 6) is -0.993. The van der Waals surface area contributed by atoms with E-state index in [-0.39, 0.29) is 16.4 Å². The number of aryl methyl sites for hydroxylation is 1. The fourth-order valence-electron chi connectivity index (χ4n) is 3.23. The fraction of sp³-hybridized carbons (Fsp3) is 0.412. The van der Waals surface area contributed by atoms with E-state index in [0.29, 0.717) is 18.8 Å². The summed E-state index contributed by atoms with van der Waals surface area (Å²) in [5.41, 5.74) is 1.69. The average Bonchev–Trinajstić information content (AvgIpc) is 2.95. The smallest absolute Gasteiger partial charge is 0.335 e. The highest BCUT2D eigenvalue weighted by Gasteiger charge is 2.33. The molecule has 0 spiro atoms. The van der Waals surface area contributed by atoms with Gasteiger partial charge in [0.05, 0.1) is 17.5 Å². The van der Waals surface area contributed by atoms with Gasteiger partial charge in [0.15, 0.2) is 0 Å². The molecule has 1 fully saturated rings. The molecule has 0 amide bonds. The quantitative estimate of drug-likeness (QED) is 0.897. The van der Waals surface area contributed by atoms with Crippen LogP contribution in [0.25, 0.3) is 0 Å². The highest BCUT2D eigenvalue weighted by Crippen LogP contribution is 2.31. The molecule has 3 rings (SSSR count). The first-order valence-corrected chi connectivity index (χ1v) is 9.56. The number of benzene rings is 1. The zero-order valence-corrected chi connectivity index (χ0v) is 15.0. The number of hydrogen-bond acceptors (Lipinski definition) is 4. The molecular weight excluding hydrogens is 342 g/mol. The van der Waals surface area contributed by atoms with Crippen LogP contribution < -0.4 is 0 Å². The van der Waals surface area contributed by atoms with Crippen molar-refractivity contribution in [3.05, 3.63) is 47.3 Å². The molecule has 1 aromatic heterocycles. The zero-order chi connectivity index (χ0) is 18.2. The number of carboxylic acid groups (broad SMARTS) is 1. The van der Waals surface area contributed by atoms with Crippen molar-refractivity contribution < 1.29 is 18.3 Å². The van der Waals surface area contributed by atoms with E-state index in [1.165, 1.54) is 10.5 Å². The Morgan fingerprint density at radius 3 is 2.76 bits per heavy atom. The molecule has 8 heteroatoms. The minimum absolute atomic E-state index is 0.0141. The predicted octanol–water partition coefficient (Wildman–Crippen LogP) is 2.00. The van der Waals surface area contributed by atoms with Gasteiger partial charge in [-0.3, -0.25) is 4.68 Å². The Balaban J connectivity index is 1.87. The molecule has 1 N–H and O–H groups in total. The lowest BCUT2D eigenvalue weighted by molar-refractivity contribution is 0.0696. The SMILES string of the molecule is Cc1c(S(=O)(=O)N2CCC[C@@H](c3cccc(C(=O)O)c3)C2)cnn1C. The zero-order valence-electron chi connectivity index (χ0n) is 14.2. The third kappa shape index (κ3) is 3.32. The van der Waals surface area contributed by atoms with Crippen molar-refractivity contribution in [3.63, 3.8) is 0 Å². The number of sulfonamides is 1. The summed E-state index contributed by atoms with van der Waals surface area (Å²) >= 11 is 0. The van der Waals surface area contributed by atoms with Gasteiger partial charge in [0.25, 0.3) is 0 Å². The predicted molar refractivity (Wildman–Crippen MR) is 92.1 cm³/mol. The molecule has 0 aliphatic carbocycles. The fourth-order valence-corrected chi connectivity index (χ4v) is 4.94. The van der Waals surface area contributed by atoms with Gasteiger partial charge in [-0.05, 0) is 43.4 Å². The molecule has 0 unspecified atom stereocenters. The van der Waals surface area contributed by atoms with Crippen molar-refractivity contribution in [1.29, 1.82) is 0 Å². The lowest BCUT2D eigenvalue weighted by Gasteiger charge is -2.32. The third-order valence-corrected chi connectivity index (χ3v) is 6.77. The minimum Gasteiger partial charge on any atom is -0.478 e. The Hall–Kier alpha value is -2.19. The molecule has 1 atom stereocenters. The van der Waals surface area contributed by atoms with Crippen molar-refractivity contribution in [2.75, 3.05) is 13.1 Å². The van der Waals surface area contributed by atoms with Crippen LogP contribution in [0, 0.1) is 6.92 Å². The van der Waals surface area contributed by atoms with Crippen molar-refractivity contribution in [1.82, 2.24) is 14.1 Å². The summed E-state index contributed by atoms with van der Waals surface area (Å²) in [6.07, 6.45) is 2.96. The first-order valence-electron chi connectivity index (χ1n) is 8.12. The number of piperidine rings is 1. The monoisotopic (exact) mass is 363 g/mol. The number of carboxylic acids is 1. The molecule has 7 nitrogen and oxygen atoms in total. The highest BCUT2D eigenvalue weighted by atomic mass is 32.2. The Morgan fingerprint density at radius 2 is 2.12 bits per heavy atom. The molecule has 1 aliphatic heterocycles. The van der Waals surface area contributed by atoms with Crippen LogP contribution in [-0.4, -0.2) is 46.7 Å². The van der Waals surface area contributed by atoms with Crippen LogP contribution in [0.3, 0.4) is 0 Å². The largest absolute Gasteiger partial charge is 0.478 e. The summed E-state index contributed by atoms with van der Waals surface area (Å²) in [5, 5.41) is 13.2. The standard InChI is InChI=1S/C17H21N3O4S/c1-12-16(10-18-19(12)2)25(23,24)20-8-4-7-15(11-20)13-5-3-6-14(9-13)17(21)22/h3,5-6,9-10,15H,4,7-8,11H2,1-2H3,(H,21,22)/t15-/m1/s1. The van der Waals surface area contributed by atoms with Crippen LogP contribution >= 0.6 is 0 Å². The topological polar surface area (TPSA) is 92.5 Å². The van der Waals surface area contributed by atoms with Crippen molar-refractivity contribution in [2.45, 2.75) is 30.6 Å². The molecular formula is C17H21N3O4S. The molecule has 0 saturated carbocycles. The van der Waals surface area contributed by atoms with Gasteiger partial charge in [0.2, 0.25) is 10.0 Å². The minimum atomic E-state index is -3.61. The molecule has 1 saturated heterocycles. The average molecular weight is 363 g/mol. The maximum absolute atomic E-state index is 13.0. The van der Waals surface area contributed by atoms with Gasteiger partial charge in [-0.25, -0.2) is 13.2 Å². The van der Waals surface area contributed by atoms with Gasteiger partial charge >= 0.3 is 5.97 Å². The summed E-state index contributed by atoms with van der Waals surface area (Å²) in [6, 6.07) is 6.75. The van der Waals surface area contributed by atoms with Gasteiger partial charge in [-0.2, -0.15) is 9.40 Å². The van der Waals surface area contributed by atoms with Crippen LogP contribution in [0.4, 0.5) is 0 Å². The molecule has 134 valence electrons. The number of rotatable bonds is 4. The molecule has 2 heterocycles. The van der Waals surface area contributed by atoms with Gasteiger partial charge in [0, 0.05) is 20.1 Å². The lowest BCUT2D eigenvalue weighted by atomic mass is 9.91. The maximum atomic E-state index is 13.0. The van der Waals surface area contributed by atoms with E-state index in [1.54, 1.807) is 36.9 Å². The number of hydrogen-bond donors (Lipinski definition) is 1. The van der Waals surface area contributed by atoms with E-state index < -0.39 is 16.0 Å². The van der Waals surface area contributed by atoms with E-state index >= 15 is 0 Å². The van der Waals surface area contributed by atoms with Crippen LogP contribution in [0.2, 0.25) is 0 Å². The summed E-state index contributed by atoms with van der Waals surface area (Å²) in [4.78, 5) is 11.4. The van der Waals surface area contributed by atoms with E-state index in [4.69, 9.17) is 5.11 Å². The lowest BCUT2D eigenvalue weighted by Crippen LogP contribution is -2.39. The van der Waals surface area contributed by atoms with Gasteiger partial charge in [-0.1, -0.05) is 12.1 Å². The first kappa shape index (κ1) is 17.6. The maximum Gasteiger partial charge on any atom is 0.335 e. The van der Waals surface area contributed by atoms with Crippen LogP contribution in [0.5, 0.6) is 0 Å². The van der Waals surface area contributed by atoms with Crippen LogP contribution in [0.1, 0.15) is 40.4 Å². The van der Waals surface area contributed by atoms with Crippen LogP contribution in [-0.2, 0) is 17.1 Å².